The van der Waals surface area contributed by atoms with Crippen molar-refractivity contribution in [2.45, 2.75) is 0 Å². The number of benzene rings is 2. The number of hydrogen-bond donors (Lipinski definition) is 2. The highest BCUT2D eigenvalue weighted by atomic mass is 79.9. The highest BCUT2D eigenvalue weighted by molar-refractivity contribution is 9.10. The number of amides is 1. The van der Waals surface area contributed by atoms with Gasteiger partial charge in [0.2, 0.25) is 5.91 Å². The third kappa shape index (κ3) is 4.40. The summed E-state index contributed by atoms with van der Waals surface area (Å²) in [4.78, 5) is 11.8. The molecule has 0 aromatic heterocycles. The summed E-state index contributed by atoms with van der Waals surface area (Å²) in [6.07, 6.45) is 0. The monoisotopic (exact) mass is 372 g/mol. The molecule has 1 amide bonds. The second-order valence-corrected chi connectivity index (χ2v) is 5.76. The van der Waals surface area contributed by atoms with Gasteiger partial charge in [0.25, 0.3) is 0 Å². The Kier molecular flexibility index (Phi) is 5.29. The Balaban J connectivity index is 1.90. The van der Waals surface area contributed by atoms with Gasteiger partial charge in [-0.3, -0.25) is 4.79 Å². The molecule has 0 spiro atoms. The molecular formula is C14H11BrCl2N2O. The fourth-order valence-electron chi connectivity index (χ4n) is 1.55. The van der Waals surface area contributed by atoms with Crippen LogP contribution in [-0.2, 0) is 4.79 Å². The fourth-order valence-corrected chi connectivity index (χ4v) is 2.50. The smallest absolute Gasteiger partial charge is 0.243 e. The van der Waals surface area contributed by atoms with Crippen LogP contribution in [0.5, 0.6) is 0 Å². The standard InChI is InChI=1S/C14H11BrCl2N2O/c15-12-7-10(17)3-6-13(12)18-8-14(20)19-11-4-1-9(16)2-5-11/h1-7,18H,8H2,(H,19,20). The van der Waals surface area contributed by atoms with Gasteiger partial charge in [0.15, 0.2) is 0 Å². The van der Waals surface area contributed by atoms with Gasteiger partial charge in [-0.05, 0) is 58.4 Å². The molecule has 3 nitrogen and oxygen atoms in total. The van der Waals surface area contributed by atoms with Crippen LogP contribution in [0.2, 0.25) is 10.0 Å². The van der Waals surface area contributed by atoms with Gasteiger partial charge in [0, 0.05) is 25.9 Å². The van der Waals surface area contributed by atoms with Gasteiger partial charge in [-0.15, -0.1) is 0 Å². The summed E-state index contributed by atoms with van der Waals surface area (Å²) in [6, 6.07) is 12.3. The maximum Gasteiger partial charge on any atom is 0.243 e. The Labute approximate surface area is 135 Å². The third-order valence-corrected chi connectivity index (χ3v) is 3.64. The van der Waals surface area contributed by atoms with Crippen LogP contribution in [-0.4, -0.2) is 12.5 Å². The first-order valence-corrected chi connectivity index (χ1v) is 7.34. The Morgan fingerprint density at radius 3 is 2.35 bits per heavy atom. The van der Waals surface area contributed by atoms with Gasteiger partial charge >= 0.3 is 0 Å². The molecule has 104 valence electrons. The van der Waals surface area contributed by atoms with Crippen molar-refractivity contribution in [3.05, 3.63) is 57.0 Å². The van der Waals surface area contributed by atoms with Crippen LogP contribution in [0, 0.1) is 0 Å². The molecule has 6 heteroatoms. The number of carbonyl (C=O) groups excluding carboxylic acids is 1. The van der Waals surface area contributed by atoms with Gasteiger partial charge in [0.1, 0.15) is 0 Å². The molecule has 0 radical (unpaired) electrons. The van der Waals surface area contributed by atoms with Crippen LogP contribution in [0.3, 0.4) is 0 Å². The minimum Gasteiger partial charge on any atom is -0.375 e. The molecule has 2 aromatic rings. The van der Waals surface area contributed by atoms with E-state index in [1.165, 1.54) is 0 Å². The molecule has 0 aliphatic heterocycles. The van der Waals surface area contributed by atoms with Crippen LogP contribution in [0.1, 0.15) is 0 Å². The first kappa shape index (κ1) is 15.2. The maximum atomic E-state index is 11.8. The van der Waals surface area contributed by atoms with Crippen LogP contribution >= 0.6 is 39.1 Å². The van der Waals surface area contributed by atoms with E-state index in [1.807, 2.05) is 6.07 Å². The third-order valence-electron chi connectivity index (χ3n) is 2.50. The molecule has 0 saturated heterocycles. The molecule has 2 aromatic carbocycles. The minimum atomic E-state index is -0.144. The van der Waals surface area contributed by atoms with Crippen LogP contribution in [0.25, 0.3) is 0 Å². The lowest BCUT2D eigenvalue weighted by atomic mass is 10.3. The first-order valence-electron chi connectivity index (χ1n) is 5.79. The molecule has 0 unspecified atom stereocenters. The van der Waals surface area contributed by atoms with Gasteiger partial charge in [-0.2, -0.15) is 0 Å². The highest BCUT2D eigenvalue weighted by Crippen LogP contribution is 2.25. The maximum absolute atomic E-state index is 11.8. The van der Waals surface area contributed by atoms with Gasteiger partial charge in [-0.1, -0.05) is 23.2 Å². The van der Waals surface area contributed by atoms with Crippen LogP contribution in [0.4, 0.5) is 11.4 Å². The Morgan fingerprint density at radius 2 is 1.70 bits per heavy atom. The SMILES string of the molecule is O=C(CNc1ccc(Cl)cc1Br)Nc1ccc(Cl)cc1. The average molecular weight is 374 g/mol. The van der Waals surface area contributed by atoms with E-state index in [4.69, 9.17) is 23.2 Å². The van der Waals surface area contributed by atoms with E-state index in [0.717, 1.165) is 10.2 Å². The summed E-state index contributed by atoms with van der Waals surface area (Å²) >= 11 is 15.0. The number of carbonyl (C=O) groups is 1. The second kappa shape index (κ2) is 6.97. The minimum absolute atomic E-state index is 0.144. The van der Waals surface area contributed by atoms with Gasteiger partial charge < -0.3 is 10.6 Å². The molecule has 20 heavy (non-hydrogen) atoms. The quantitative estimate of drug-likeness (QED) is 0.807. The molecule has 0 aliphatic carbocycles. The Morgan fingerprint density at radius 1 is 1.05 bits per heavy atom. The van der Waals surface area contributed by atoms with E-state index >= 15 is 0 Å². The topological polar surface area (TPSA) is 41.1 Å². The van der Waals surface area contributed by atoms with Crippen LogP contribution < -0.4 is 10.6 Å². The lowest BCUT2D eigenvalue weighted by molar-refractivity contribution is -0.114. The molecule has 0 bridgehead atoms. The number of rotatable bonds is 4. The number of anilines is 2. The predicted octanol–water partition coefficient (Wildman–Crippen LogP) is 4.81. The van der Waals surface area contributed by atoms with E-state index in [2.05, 4.69) is 26.6 Å². The van der Waals surface area contributed by atoms with Crippen molar-refractivity contribution in [3.63, 3.8) is 0 Å². The number of nitrogens with one attached hydrogen (secondary N) is 2. The van der Waals surface area contributed by atoms with Gasteiger partial charge in [-0.25, -0.2) is 0 Å². The molecule has 2 N–H and O–H groups in total. The molecule has 0 saturated carbocycles. The van der Waals surface area contributed by atoms with Crippen molar-refractivity contribution in [2.75, 3.05) is 17.2 Å². The lowest BCUT2D eigenvalue weighted by Gasteiger charge is -2.09. The lowest BCUT2D eigenvalue weighted by Crippen LogP contribution is -2.21. The van der Waals surface area contributed by atoms with Crippen molar-refractivity contribution >= 4 is 56.4 Å². The molecular weight excluding hydrogens is 363 g/mol. The van der Waals surface area contributed by atoms with E-state index in [9.17, 15) is 4.79 Å². The van der Waals surface area contributed by atoms with Crippen molar-refractivity contribution in [1.82, 2.24) is 0 Å². The van der Waals surface area contributed by atoms with Gasteiger partial charge in [0.05, 0.1) is 6.54 Å². The summed E-state index contributed by atoms with van der Waals surface area (Å²) in [5.74, 6) is -0.144. The van der Waals surface area contributed by atoms with E-state index in [-0.39, 0.29) is 12.5 Å². The zero-order valence-electron chi connectivity index (χ0n) is 10.3. The van der Waals surface area contributed by atoms with Crippen molar-refractivity contribution in [3.8, 4) is 0 Å². The molecule has 0 heterocycles. The van der Waals surface area contributed by atoms with Crippen LogP contribution in [0.15, 0.2) is 46.9 Å². The largest absolute Gasteiger partial charge is 0.375 e. The molecule has 0 aliphatic rings. The summed E-state index contributed by atoms with van der Waals surface area (Å²) in [7, 11) is 0. The van der Waals surface area contributed by atoms with Crippen molar-refractivity contribution < 1.29 is 4.79 Å². The molecule has 2 rings (SSSR count). The van der Waals surface area contributed by atoms with E-state index in [0.29, 0.717) is 15.7 Å². The average Bonchev–Trinajstić information content (AvgIpc) is 2.40. The molecule has 0 fully saturated rings. The normalized spacial score (nSPS) is 10.2. The Bertz CT molecular complexity index is 617. The summed E-state index contributed by atoms with van der Waals surface area (Å²) < 4.78 is 0.810. The van der Waals surface area contributed by atoms with Crippen molar-refractivity contribution in [1.29, 1.82) is 0 Å². The Hall–Kier alpha value is -1.23. The number of hydrogen-bond acceptors (Lipinski definition) is 2. The van der Waals surface area contributed by atoms with E-state index < -0.39 is 0 Å². The first-order chi connectivity index (χ1) is 9.54. The summed E-state index contributed by atoms with van der Waals surface area (Å²) in [5, 5.41) is 7.06. The predicted molar refractivity (Wildman–Crippen MR) is 87.7 cm³/mol. The summed E-state index contributed by atoms with van der Waals surface area (Å²) in [5.41, 5.74) is 1.51. The number of halogens is 3. The highest BCUT2D eigenvalue weighted by Gasteiger charge is 2.05. The van der Waals surface area contributed by atoms with E-state index in [1.54, 1.807) is 36.4 Å². The van der Waals surface area contributed by atoms with Crippen molar-refractivity contribution in [2.24, 2.45) is 0 Å². The zero-order chi connectivity index (χ0) is 14.5. The second-order valence-electron chi connectivity index (χ2n) is 4.03. The fraction of sp³-hybridized carbons (Fsp3) is 0.0714. The zero-order valence-corrected chi connectivity index (χ0v) is 13.4. The summed E-state index contributed by atoms with van der Waals surface area (Å²) in [6.45, 7) is 0.156. The molecule has 0 atom stereocenters.